The maximum absolute atomic E-state index is 12.2. The summed E-state index contributed by atoms with van der Waals surface area (Å²) in [7, 11) is 0. The minimum Gasteiger partial charge on any atom is -0.481 e. The lowest BCUT2D eigenvalue weighted by molar-refractivity contribution is -0.154. The number of hydrogen-bond donors (Lipinski definition) is 2. The van der Waals surface area contributed by atoms with Crippen LogP contribution >= 0.6 is 0 Å². The highest BCUT2D eigenvalue weighted by Crippen LogP contribution is 2.67. The van der Waals surface area contributed by atoms with Crippen LogP contribution < -0.4 is 0 Å². The van der Waals surface area contributed by atoms with Crippen LogP contribution in [0.4, 0.5) is 0 Å². The van der Waals surface area contributed by atoms with E-state index in [1.807, 2.05) is 6.92 Å². The number of fused-ring (bicyclic) bond motifs is 5. The van der Waals surface area contributed by atoms with Gasteiger partial charge in [0, 0.05) is 0 Å². The number of rotatable bonds is 9. The lowest BCUT2D eigenvalue weighted by Crippen LogP contribution is -2.52. The van der Waals surface area contributed by atoms with E-state index >= 15 is 0 Å². The zero-order valence-corrected chi connectivity index (χ0v) is 24.2. The van der Waals surface area contributed by atoms with Crippen LogP contribution in [-0.2, 0) is 14.3 Å². The van der Waals surface area contributed by atoms with Crippen LogP contribution in [-0.4, -0.2) is 33.9 Å². The number of aliphatic carboxylic acids is 1. The molecular formula is C32H52O5. The summed E-state index contributed by atoms with van der Waals surface area (Å²) in [5, 5.41) is 19.6. The van der Waals surface area contributed by atoms with E-state index in [9.17, 15) is 14.7 Å². The lowest BCUT2D eigenvalue weighted by Gasteiger charge is -2.59. The second kappa shape index (κ2) is 10.7. The molecule has 3 unspecified atom stereocenters. The number of aliphatic hydroxyl groups is 1. The quantitative estimate of drug-likeness (QED) is 0.251. The van der Waals surface area contributed by atoms with Crippen molar-refractivity contribution < 1.29 is 24.5 Å². The molecule has 0 saturated heterocycles. The van der Waals surface area contributed by atoms with Crippen molar-refractivity contribution in [3.8, 4) is 0 Å². The number of allylic oxidation sites excluding steroid dienone is 1. The normalized spacial score (nSPS) is 40.7. The van der Waals surface area contributed by atoms with Crippen LogP contribution in [0.15, 0.2) is 11.6 Å². The first kappa shape index (κ1) is 28.6. The first-order valence-corrected chi connectivity index (χ1v) is 15.1. The van der Waals surface area contributed by atoms with Crippen molar-refractivity contribution in [1.29, 1.82) is 0 Å². The number of carbonyl (C=O) groups is 2. The zero-order chi connectivity index (χ0) is 27.2. The fraction of sp³-hybridized carbons (Fsp3) is 0.875. The van der Waals surface area contributed by atoms with Gasteiger partial charge >= 0.3 is 11.9 Å². The van der Waals surface area contributed by atoms with E-state index in [0.717, 1.165) is 49.9 Å². The number of carboxylic acids is 1. The number of ether oxygens (including phenoxy) is 1. The Morgan fingerprint density at radius 1 is 1.00 bits per heavy atom. The number of carboxylic acid groups (broad SMARTS) is 1. The molecular weight excluding hydrogens is 464 g/mol. The van der Waals surface area contributed by atoms with Gasteiger partial charge in [0.1, 0.15) is 6.10 Å². The van der Waals surface area contributed by atoms with E-state index in [1.54, 1.807) is 0 Å². The van der Waals surface area contributed by atoms with Crippen LogP contribution in [0.2, 0.25) is 0 Å². The maximum Gasteiger partial charge on any atom is 0.306 e. The van der Waals surface area contributed by atoms with Gasteiger partial charge in [-0.15, -0.1) is 0 Å². The molecule has 3 fully saturated rings. The third kappa shape index (κ3) is 5.68. The molecule has 0 aromatic rings. The Labute approximate surface area is 224 Å². The van der Waals surface area contributed by atoms with Crippen molar-refractivity contribution in [2.75, 3.05) is 0 Å². The maximum atomic E-state index is 12.2. The average Bonchev–Trinajstić information content (AvgIpc) is 3.17. The van der Waals surface area contributed by atoms with Gasteiger partial charge in [-0.1, -0.05) is 46.3 Å². The fourth-order valence-electron chi connectivity index (χ4n) is 9.37. The molecule has 0 aromatic heterocycles. The van der Waals surface area contributed by atoms with Gasteiger partial charge in [0.15, 0.2) is 0 Å². The van der Waals surface area contributed by atoms with Gasteiger partial charge in [0.05, 0.1) is 18.4 Å². The molecule has 0 aromatic carbocycles. The molecule has 0 spiro atoms. The first-order valence-electron chi connectivity index (χ1n) is 15.1. The third-order valence-corrected chi connectivity index (χ3v) is 11.6. The summed E-state index contributed by atoms with van der Waals surface area (Å²) in [5.41, 5.74) is 1.65. The second-order valence-corrected chi connectivity index (χ2v) is 14.4. The Hall–Kier alpha value is -1.36. The zero-order valence-electron chi connectivity index (χ0n) is 24.2. The summed E-state index contributed by atoms with van der Waals surface area (Å²) in [4.78, 5) is 23.0. The number of hydrogen-bond acceptors (Lipinski definition) is 4. The van der Waals surface area contributed by atoms with Gasteiger partial charge in [0.2, 0.25) is 0 Å². The summed E-state index contributed by atoms with van der Waals surface area (Å²) in [6, 6.07) is 0. The van der Waals surface area contributed by atoms with Crippen LogP contribution in [0.5, 0.6) is 0 Å². The monoisotopic (exact) mass is 516 g/mol. The third-order valence-electron chi connectivity index (χ3n) is 11.6. The molecule has 9 atom stereocenters. The first-order chi connectivity index (χ1) is 17.3. The van der Waals surface area contributed by atoms with E-state index in [2.05, 4.69) is 40.7 Å². The number of carbonyl (C=O) groups excluding carboxylic acids is 1. The molecule has 4 rings (SSSR count). The minimum atomic E-state index is -0.959. The van der Waals surface area contributed by atoms with Crippen LogP contribution in [0.25, 0.3) is 0 Å². The van der Waals surface area contributed by atoms with Crippen molar-refractivity contribution >= 4 is 11.9 Å². The second-order valence-electron chi connectivity index (χ2n) is 14.4. The molecule has 5 heteroatoms. The average molecular weight is 517 g/mol. The molecule has 0 heterocycles. The molecule has 0 aliphatic heterocycles. The molecule has 0 bridgehead atoms. The summed E-state index contributed by atoms with van der Waals surface area (Å²) in [6.45, 7) is 13.7. The van der Waals surface area contributed by atoms with Gasteiger partial charge in [0.25, 0.3) is 0 Å². The van der Waals surface area contributed by atoms with Crippen molar-refractivity contribution in [3.05, 3.63) is 11.6 Å². The van der Waals surface area contributed by atoms with Crippen molar-refractivity contribution in [2.24, 2.45) is 46.3 Å². The van der Waals surface area contributed by atoms with Crippen molar-refractivity contribution in [2.45, 2.75) is 130 Å². The number of esters is 1. The van der Waals surface area contributed by atoms with Gasteiger partial charge in [-0.05, 0) is 117 Å². The fourth-order valence-corrected chi connectivity index (χ4v) is 9.37. The molecule has 2 N–H and O–H groups in total. The molecule has 4 aliphatic carbocycles. The summed E-state index contributed by atoms with van der Waals surface area (Å²) >= 11 is 0. The summed E-state index contributed by atoms with van der Waals surface area (Å²) in [6.07, 6.45) is 13.4. The molecule has 3 saturated carbocycles. The Morgan fingerprint density at radius 3 is 2.41 bits per heavy atom. The predicted octanol–water partition coefficient (Wildman–Crippen LogP) is 7.17. The smallest absolute Gasteiger partial charge is 0.306 e. The van der Waals surface area contributed by atoms with Crippen LogP contribution in [0.3, 0.4) is 0 Å². The van der Waals surface area contributed by atoms with E-state index < -0.39 is 11.6 Å². The Balaban J connectivity index is 1.39. The predicted molar refractivity (Wildman–Crippen MR) is 146 cm³/mol. The lowest BCUT2D eigenvalue weighted by atomic mass is 9.46. The molecule has 0 radical (unpaired) electrons. The molecule has 37 heavy (non-hydrogen) atoms. The molecule has 210 valence electrons. The Bertz CT molecular complexity index is 890. The Kier molecular flexibility index (Phi) is 8.25. The summed E-state index contributed by atoms with van der Waals surface area (Å²) < 4.78 is 5.73. The highest BCUT2D eigenvalue weighted by molar-refractivity contribution is 5.76. The van der Waals surface area contributed by atoms with Crippen molar-refractivity contribution in [1.82, 2.24) is 0 Å². The molecule has 4 aliphatic rings. The van der Waals surface area contributed by atoms with E-state index in [4.69, 9.17) is 9.84 Å². The van der Waals surface area contributed by atoms with Crippen LogP contribution in [0.1, 0.15) is 119 Å². The van der Waals surface area contributed by atoms with E-state index in [0.29, 0.717) is 17.3 Å². The molecule has 5 nitrogen and oxygen atoms in total. The van der Waals surface area contributed by atoms with Gasteiger partial charge in [-0.2, -0.15) is 0 Å². The van der Waals surface area contributed by atoms with E-state index in [-0.39, 0.29) is 36.2 Å². The van der Waals surface area contributed by atoms with Crippen LogP contribution in [0, 0.1) is 46.3 Å². The SMILES string of the molecule is CC(C)C(CC[C@@H](C)[C@H]1CCC2[C@@H]3CC=C4C[C@@](C)(O)CC[C@]4(C)C3CC[C@@]21C)OC(=O)CCC(=O)O. The van der Waals surface area contributed by atoms with Gasteiger partial charge < -0.3 is 14.9 Å². The topological polar surface area (TPSA) is 83.8 Å². The van der Waals surface area contributed by atoms with Gasteiger partial charge in [-0.3, -0.25) is 9.59 Å². The largest absolute Gasteiger partial charge is 0.481 e. The van der Waals surface area contributed by atoms with Gasteiger partial charge in [-0.25, -0.2) is 0 Å². The summed E-state index contributed by atoms with van der Waals surface area (Å²) in [5.74, 6) is 2.48. The minimum absolute atomic E-state index is 0.0499. The van der Waals surface area contributed by atoms with Crippen molar-refractivity contribution in [3.63, 3.8) is 0 Å². The highest BCUT2D eigenvalue weighted by Gasteiger charge is 2.59. The Morgan fingerprint density at radius 2 is 1.73 bits per heavy atom. The standard InChI is InChI=1S/C32H52O5/c1-20(2)27(37-29(35)14-13-28(33)34)12-7-21(3)24-10-11-25-23-9-8-22-19-30(4,36)17-18-31(22,5)26(23)15-16-32(24,25)6/h8,20-21,23-27,36H,7,9-19H2,1-6H3,(H,33,34)/t21-,23+,24-,25?,26?,27?,30+,31+,32-/m1/s1. The highest BCUT2D eigenvalue weighted by atomic mass is 16.5. The van der Waals surface area contributed by atoms with E-state index in [1.165, 1.54) is 37.7 Å². The molecule has 0 amide bonds.